The van der Waals surface area contributed by atoms with Crippen LogP contribution in [-0.4, -0.2) is 0 Å². The van der Waals surface area contributed by atoms with Gasteiger partial charge in [0.1, 0.15) is 11.2 Å². The fraction of sp³-hybridized carbons (Fsp3) is 0.433. The van der Waals surface area contributed by atoms with Crippen molar-refractivity contribution in [2.45, 2.75) is 85.6 Å². The Kier molecular flexibility index (Phi) is 6.69. The minimum Gasteiger partial charge on any atom is -0.455 e. The molecule has 0 atom stereocenters. The fourth-order valence-corrected chi connectivity index (χ4v) is 4.93. The van der Waals surface area contributed by atoms with E-state index in [-0.39, 0.29) is 0 Å². The quantitative estimate of drug-likeness (QED) is 0.257. The molecule has 4 rings (SSSR count). The van der Waals surface area contributed by atoms with E-state index in [1.165, 1.54) is 51.6 Å². The maximum Gasteiger partial charge on any atom is 0.217 e. The highest BCUT2D eigenvalue weighted by Gasteiger charge is 2.26. The predicted molar refractivity (Wildman–Crippen MR) is 136 cm³/mol. The van der Waals surface area contributed by atoms with Gasteiger partial charge in [-0.25, -0.2) is 0 Å². The highest BCUT2D eigenvalue weighted by atomic mass is 16.3. The number of hydrogen-bond donors (Lipinski definition) is 0. The van der Waals surface area contributed by atoms with E-state index in [4.69, 9.17) is 4.42 Å². The monoisotopic (exact) mass is 428 g/mol. The van der Waals surface area contributed by atoms with Crippen molar-refractivity contribution in [2.75, 3.05) is 0 Å². The molecule has 0 aliphatic heterocycles. The van der Waals surface area contributed by atoms with Crippen LogP contribution in [0.15, 0.2) is 53.1 Å². The van der Waals surface area contributed by atoms with Crippen molar-refractivity contribution >= 4 is 21.9 Å². The largest absolute Gasteiger partial charge is 0.455 e. The summed E-state index contributed by atoms with van der Waals surface area (Å²) in [7, 11) is 0. The van der Waals surface area contributed by atoms with Crippen molar-refractivity contribution in [3.05, 3.63) is 65.4 Å². The van der Waals surface area contributed by atoms with Crippen LogP contribution in [0.2, 0.25) is 0 Å². The van der Waals surface area contributed by atoms with Crippen molar-refractivity contribution in [1.82, 2.24) is 0 Å². The van der Waals surface area contributed by atoms with Crippen molar-refractivity contribution in [1.29, 1.82) is 0 Å². The van der Waals surface area contributed by atoms with Gasteiger partial charge >= 0.3 is 0 Å². The lowest BCUT2D eigenvalue weighted by Crippen LogP contribution is -2.41. The summed E-state index contributed by atoms with van der Waals surface area (Å²) in [6.07, 6.45) is 8.07. The highest BCUT2D eigenvalue weighted by molar-refractivity contribution is 6.09. The standard InChI is InChI=1S/C30H38NO/c1-7-10-11-22-13-15-25-26-14-12-21(6)29(30(26)32-28(25)18-22)27-19-23(20(4)5)16-17-31(27)24(8-2)9-3/h12-20,24H,7-11H2,1-6H3/q+1. The number of benzene rings is 2. The van der Waals surface area contributed by atoms with Gasteiger partial charge in [0.15, 0.2) is 12.2 Å². The molecule has 0 fully saturated rings. The molecule has 0 saturated carbocycles. The van der Waals surface area contributed by atoms with Crippen LogP contribution in [0.5, 0.6) is 0 Å². The number of rotatable bonds is 8. The lowest BCUT2D eigenvalue weighted by atomic mass is 9.96. The maximum atomic E-state index is 6.63. The molecule has 0 bridgehead atoms. The summed E-state index contributed by atoms with van der Waals surface area (Å²) < 4.78 is 9.11. The molecular weight excluding hydrogens is 390 g/mol. The first kappa shape index (κ1) is 22.6. The molecule has 4 aromatic rings. The van der Waals surface area contributed by atoms with Gasteiger partial charge in [0.05, 0.1) is 5.56 Å². The number of unbranched alkanes of at least 4 members (excludes halogenated alkanes) is 1. The van der Waals surface area contributed by atoms with Crippen molar-refractivity contribution in [3.63, 3.8) is 0 Å². The van der Waals surface area contributed by atoms with E-state index < -0.39 is 0 Å². The Morgan fingerprint density at radius 1 is 0.906 bits per heavy atom. The van der Waals surface area contributed by atoms with Crippen LogP contribution in [0.25, 0.3) is 33.2 Å². The Morgan fingerprint density at radius 3 is 2.34 bits per heavy atom. The van der Waals surface area contributed by atoms with Gasteiger partial charge in [-0.2, -0.15) is 4.57 Å². The molecular formula is C30H38NO+. The minimum absolute atomic E-state index is 0.478. The summed E-state index contributed by atoms with van der Waals surface area (Å²) in [5.74, 6) is 0.487. The number of pyridine rings is 1. The van der Waals surface area contributed by atoms with Crippen LogP contribution in [-0.2, 0) is 6.42 Å². The summed E-state index contributed by atoms with van der Waals surface area (Å²) in [5.41, 5.74) is 8.55. The number of furan rings is 1. The van der Waals surface area contributed by atoms with Crippen LogP contribution >= 0.6 is 0 Å². The average Bonchev–Trinajstić information content (AvgIpc) is 3.16. The van der Waals surface area contributed by atoms with E-state index in [2.05, 4.69) is 94.8 Å². The second kappa shape index (κ2) is 9.48. The van der Waals surface area contributed by atoms with Crippen LogP contribution in [0.4, 0.5) is 0 Å². The normalized spacial score (nSPS) is 12.0. The zero-order chi connectivity index (χ0) is 22.8. The Bertz CT molecular complexity index is 1230. The molecule has 0 unspecified atom stereocenters. The molecule has 0 N–H and O–H groups in total. The van der Waals surface area contributed by atoms with Gasteiger partial charge in [-0.05, 0) is 48.4 Å². The molecule has 0 saturated heterocycles. The first-order valence-electron chi connectivity index (χ1n) is 12.5. The smallest absolute Gasteiger partial charge is 0.217 e. The Labute approximate surface area is 193 Å². The molecule has 0 radical (unpaired) electrons. The highest BCUT2D eigenvalue weighted by Crippen LogP contribution is 2.38. The number of aromatic nitrogens is 1. The van der Waals surface area contributed by atoms with Crippen molar-refractivity contribution in [3.8, 4) is 11.3 Å². The third kappa shape index (κ3) is 4.08. The average molecular weight is 429 g/mol. The van der Waals surface area contributed by atoms with Crippen molar-refractivity contribution < 1.29 is 8.98 Å². The van der Waals surface area contributed by atoms with E-state index in [9.17, 15) is 0 Å². The first-order valence-corrected chi connectivity index (χ1v) is 12.5. The van der Waals surface area contributed by atoms with Gasteiger partial charge in [0, 0.05) is 35.7 Å². The predicted octanol–water partition coefficient (Wildman–Crippen LogP) is 8.68. The molecule has 32 heavy (non-hydrogen) atoms. The van der Waals surface area contributed by atoms with Crippen LogP contribution in [0.1, 0.15) is 89.0 Å². The van der Waals surface area contributed by atoms with Gasteiger partial charge < -0.3 is 4.42 Å². The molecule has 0 aliphatic rings. The zero-order valence-electron chi connectivity index (χ0n) is 20.7. The van der Waals surface area contributed by atoms with E-state index in [1.807, 2.05) is 0 Å². The zero-order valence-corrected chi connectivity index (χ0v) is 20.7. The molecule has 0 amide bonds. The maximum absolute atomic E-state index is 6.63. The third-order valence-corrected chi connectivity index (χ3v) is 7.00. The van der Waals surface area contributed by atoms with Crippen LogP contribution in [0.3, 0.4) is 0 Å². The van der Waals surface area contributed by atoms with Crippen molar-refractivity contribution in [2.24, 2.45) is 0 Å². The van der Waals surface area contributed by atoms with E-state index >= 15 is 0 Å². The number of nitrogens with zero attached hydrogens (tertiary/aromatic N) is 1. The van der Waals surface area contributed by atoms with E-state index in [0.29, 0.717) is 12.0 Å². The Hall–Kier alpha value is -2.61. The second-order valence-electron chi connectivity index (χ2n) is 9.55. The molecule has 0 aliphatic carbocycles. The van der Waals surface area contributed by atoms with Crippen LogP contribution in [0, 0.1) is 6.92 Å². The van der Waals surface area contributed by atoms with Gasteiger partial charge in [0.25, 0.3) is 0 Å². The lowest BCUT2D eigenvalue weighted by Gasteiger charge is -2.16. The van der Waals surface area contributed by atoms with Gasteiger partial charge in [-0.3, -0.25) is 0 Å². The molecule has 2 heteroatoms. The molecule has 2 aromatic carbocycles. The third-order valence-electron chi connectivity index (χ3n) is 7.00. The molecule has 2 aromatic heterocycles. The van der Waals surface area contributed by atoms with Crippen LogP contribution < -0.4 is 4.57 Å². The molecule has 0 spiro atoms. The fourth-order valence-electron chi connectivity index (χ4n) is 4.93. The summed E-state index contributed by atoms with van der Waals surface area (Å²) in [6.45, 7) is 13.6. The van der Waals surface area contributed by atoms with Gasteiger partial charge in [-0.1, -0.05) is 65.3 Å². The van der Waals surface area contributed by atoms with E-state index in [1.54, 1.807) is 0 Å². The molecule has 2 nitrogen and oxygen atoms in total. The number of hydrogen-bond acceptors (Lipinski definition) is 1. The van der Waals surface area contributed by atoms with E-state index in [0.717, 1.165) is 30.4 Å². The number of aryl methyl sites for hydroxylation is 2. The SMILES string of the molecule is CCCCc1ccc2c(c1)oc1c(-c3cc(C(C)C)cc[n+]3C(CC)CC)c(C)ccc12. The summed E-state index contributed by atoms with van der Waals surface area (Å²) in [6, 6.07) is 16.4. The summed E-state index contributed by atoms with van der Waals surface area (Å²) >= 11 is 0. The summed E-state index contributed by atoms with van der Waals surface area (Å²) in [5, 5.41) is 2.43. The summed E-state index contributed by atoms with van der Waals surface area (Å²) in [4.78, 5) is 0. The lowest BCUT2D eigenvalue weighted by molar-refractivity contribution is -0.713. The van der Waals surface area contributed by atoms with Gasteiger partial charge in [0.2, 0.25) is 5.69 Å². The molecule has 2 heterocycles. The Morgan fingerprint density at radius 2 is 1.66 bits per heavy atom. The second-order valence-corrected chi connectivity index (χ2v) is 9.55. The Balaban J connectivity index is 1.99. The first-order chi connectivity index (χ1) is 15.5. The topological polar surface area (TPSA) is 17.0 Å². The molecule has 168 valence electrons. The minimum atomic E-state index is 0.478. The van der Waals surface area contributed by atoms with Gasteiger partial charge in [-0.15, -0.1) is 0 Å². The number of fused-ring (bicyclic) bond motifs is 3.